The van der Waals surface area contributed by atoms with Gasteiger partial charge in [0.15, 0.2) is 0 Å². The monoisotopic (exact) mass is 266 g/mol. The van der Waals surface area contributed by atoms with Crippen LogP contribution in [-0.4, -0.2) is 41.2 Å². The lowest BCUT2D eigenvalue weighted by Gasteiger charge is -1.90. The summed E-state index contributed by atoms with van der Waals surface area (Å²) in [7, 11) is 5.81. The van der Waals surface area contributed by atoms with Crippen LogP contribution in [0.3, 0.4) is 0 Å². The zero-order valence-electron chi connectivity index (χ0n) is 6.32. The normalized spacial score (nSPS) is 10.6. The van der Waals surface area contributed by atoms with E-state index in [1.165, 1.54) is 41.2 Å². The molecule has 0 fully saturated rings. The zero-order valence-corrected chi connectivity index (χ0v) is 9.58. The Hall–Kier alpha value is -0.460. The third-order valence-corrected chi connectivity index (χ3v) is 6.43. The molecule has 0 spiro atoms. The van der Waals surface area contributed by atoms with Crippen LogP contribution in [0.4, 0.5) is 0 Å². The first-order chi connectivity index (χ1) is 6.95. The quantitative estimate of drug-likeness (QED) is 0.595. The molecule has 0 aromatic carbocycles. The Morgan fingerprint density at radius 2 is 1.29 bits per heavy atom. The summed E-state index contributed by atoms with van der Waals surface area (Å²) in [5.74, 6) is 0. The maximum absolute atomic E-state index is 3.77. The van der Waals surface area contributed by atoms with E-state index in [0.29, 0.717) is 10.3 Å². The fraction of sp³-hybridized carbons (Fsp3) is 0. The molecule has 14 heavy (non-hydrogen) atoms. The molecule has 2 N–H and O–H groups in total. The van der Waals surface area contributed by atoms with Crippen molar-refractivity contribution in [2.75, 3.05) is 0 Å². The van der Waals surface area contributed by atoms with Gasteiger partial charge in [0.1, 0.15) is 0 Å². The highest BCUT2D eigenvalue weighted by Gasteiger charge is 2.03. The lowest BCUT2D eigenvalue weighted by Crippen LogP contribution is -1.69. The minimum Gasteiger partial charge on any atom is -0.176 e. The third-order valence-electron chi connectivity index (χ3n) is 0.897. The summed E-state index contributed by atoms with van der Waals surface area (Å²) >= 11 is 0. The number of aromatic nitrogens is 8. The highest BCUT2D eigenvalue weighted by Crippen LogP contribution is 2.46. The summed E-state index contributed by atoms with van der Waals surface area (Å²) in [4.78, 5) is 0. The Kier molecular flexibility index (Phi) is 3.90. The second-order valence-corrected chi connectivity index (χ2v) is 7.29. The fourth-order valence-corrected chi connectivity index (χ4v) is 5.00. The van der Waals surface area contributed by atoms with Gasteiger partial charge in [-0.15, -0.1) is 20.4 Å². The van der Waals surface area contributed by atoms with E-state index in [1.54, 1.807) is 0 Å². The number of nitrogens with one attached hydrogen (secondary N) is 2. The van der Waals surface area contributed by atoms with Gasteiger partial charge in [-0.3, -0.25) is 0 Å². The average Bonchev–Trinajstić information content (AvgIpc) is 2.86. The lowest BCUT2D eigenvalue weighted by molar-refractivity contribution is 0.881. The molecule has 0 atom stereocenters. The van der Waals surface area contributed by atoms with Crippen LogP contribution >= 0.6 is 41.2 Å². The number of tetrazole rings is 2. The van der Waals surface area contributed by atoms with Crippen molar-refractivity contribution in [2.45, 2.75) is 10.3 Å². The number of nitrogens with zero attached hydrogens (tertiary/aromatic N) is 6. The highest BCUT2D eigenvalue weighted by molar-refractivity contribution is 9.26. The number of H-pyrrole nitrogens is 2. The number of hydrogen-bond donors (Lipinski definition) is 2. The van der Waals surface area contributed by atoms with E-state index in [-0.39, 0.29) is 0 Å². The predicted octanol–water partition coefficient (Wildman–Crippen LogP) is 0.809. The Bertz CT molecular complexity index is 307. The van der Waals surface area contributed by atoms with Crippen molar-refractivity contribution in [1.29, 1.82) is 0 Å². The first-order valence-electron chi connectivity index (χ1n) is 3.10. The van der Waals surface area contributed by atoms with Gasteiger partial charge >= 0.3 is 0 Å². The van der Waals surface area contributed by atoms with Gasteiger partial charge in [0.05, 0.1) is 0 Å². The molecule has 12 heteroatoms. The molecule has 0 aliphatic heterocycles. The van der Waals surface area contributed by atoms with Crippen LogP contribution in [0.15, 0.2) is 10.3 Å². The summed E-state index contributed by atoms with van der Waals surface area (Å²) in [6.07, 6.45) is 0. The van der Waals surface area contributed by atoms with Crippen LogP contribution in [0.5, 0.6) is 0 Å². The molecule has 0 amide bonds. The number of aromatic amines is 2. The summed E-state index contributed by atoms with van der Waals surface area (Å²) in [5, 5.41) is 27.9. The van der Waals surface area contributed by atoms with Crippen molar-refractivity contribution in [3.8, 4) is 0 Å². The molecule has 0 bridgehead atoms. The molecule has 0 saturated heterocycles. The molecule has 0 radical (unpaired) electrons. The van der Waals surface area contributed by atoms with Gasteiger partial charge in [-0.25, -0.2) is 0 Å². The molecule has 0 unspecified atom stereocenters. The van der Waals surface area contributed by atoms with E-state index in [1.807, 2.05) is 0 Å². The van der Waals surface area contributed by atoms with Crippen molar-refractivity contribution >= 4 is 41.2 Å². The van der Waals surface area contributed by atoms with Gasteiger partial charge in [0.2, 0.25) is 10.3 Å². The van der Waals surface area contributed by atoms with Gasteiger partial charge in [-0.2, -0.15) is 10.4 Å². The standard InChI is InChI=1S/C2H2N8S4/c3-1(4-8-7-3)11-13-14-12-2-5-9-10-6-2/h(H,3,4,7,8)(H,5,6,9,10). The van der Waals surface area contributed by atoms with Gasteiger partial charge in [-0.1, -0.05) is 0 Å². The second kappa shape index (κ2) is 5.43. The van der Waals surface area contributed by atoms with E-state index < -0.39 is 0 Å². The Morgan fingerprint density at radius 3 is 1.64 bits per heavy atom. The SMILES string of the molecule is n1nc(SSSSc2nn[nH]n2)n[nH]1. The summed E-state index contributed by atoms with van der Waals surface area (Å²) in [5.41, 5.74) is 0. The van der Waals surface area contributed by atoms with Crippen LogP contribution < -0.4 is 0 Å². The minimum absolute atomic E-state index is 0.594. The molecule has 0 aliphatic rings. The Morgan fingerprint density at radius 1 is 0.786 bits per heavy atom. The second-order valence-electron chi connectivity index (χ2n) is 1.69. The maximum atomic E-state index is 3.77. The highest BCUT2D eigenvalue weighted by atomic mass is 33.7. The van der Waals surface area contributed by atoms with E-state index in [4.69, 9.17) is 0 Å². The zero-order chi connectivity index (χ0) is 9.64. The number of rotatable bonds is 5. The van der Waals surface area contributed by atoms with Crippen LogP contribution in [0.2, 0.25) is 0 Å². The average molecular weight is 266 g/mol. The molecule has 2 aromatic rings. The fourth-order valence-electron chi connectivity index (χ4n) is 0.464. The van der Waals surface area contributed by atoms with E-state index in [2.05, 4.69) is 41.2 Å². The van der Waals surface area contributed by atoms with Crippen molar-refractivity contribution in [3.63, 3.8) is 0 Å². The Balaban J connectivity index is 1.65. The third kappa shape index (κ3) is 3.04. The smallest absolute Gasteiger partial charge is 0.176 e. The summed E-state index contributed by atoms with van der Waals surface area (Å²) in [6.45, 7) is 0. The predicted molar refractivity (Wildman–Crippen MR) is 55.3 cm³/mol. The molecule has 2 heterocycles. The van der Waals surface area contributed by atoms with Crippen molar-refractivity contribution in [1.82, 2.24) is 41.2 Å². The van der Waals surface area contributed by atoms with Gasteiger partial charge in [0.25, 0.3) is 0 Å². The van der Waals surface area contributed by atoms with Crippen LogP contribution in [0.25, 0.3) is 0 Å². The molecule has 2 rings (SSSR count). The molecule has 74 valence electrons. The number of hydrogen-bond acceptors (Lipinski definition) is 10. The Labute approximate surface area is 92.7 Å². The molecule has 2 aromatic heterocycles. The molecule has 0 saturated carbocycles. The maximum Gasteiger partial charge on any atom is 0.242 e. The van der Waals surface area contributed by atoms with E-state index >= 15 is 0 Å². The first kappa shape index (κ1) is 10.1. The van der Waals surface area contributed by atoms with E-state index in [9.17, 15) is 0 Å². The van der Waals surface area contributed by atoms with E-state index in [0.717, 1.165) is 0 Å². The van der Waals surface area contributed by atoms with Crippen molar-refractivity contribution in [2.24, 2.45) is 0 Å². The van der Waals surface area contributed by atoms with Crippen LogP contribution in [0.1, 0.15) is 0 Å². The lowest BCUT2D eigenvalue weighted by atomic mass is 11.4. The van der Waals surface area contributed by atoms with Crippen molar-refractivity contribution in [3.05, 3.63) is 0 Å². The van der Waals surface area contributed by atoms with Crippen LogP contribution in [0, 0.1) is 0 Å². The first-order valence-corrected chi connectivity index (χ1v) is 7.91. The van der Waals surface area contributed by atoms with Gasteiger partial charge < -0.3 is 0 Å². The molecule has 8 nitrogen and oxygen atoms in total. The molecular weight excluding hydrogens is 264 g/mol. The summed E-state index contributed by atoms with van der Waals surface area (Å²) < 4.78 is 0. The van der Waals surface area contributed by atoms with Gasteiger partial charge in [-0.05, 0) is 51.7 Å². The van der Waals surface area contributed by atoms with Crippen molar-refractivity contribution < 1.29 is 0 Å². The topological polar surface area (TPSA) is 109 Å². The molecule has 0 aliphatic carbocycles. The molecular formula is C2H2N8S4. The summed E-state index contributed by atoms with van der Waals surface area (Å²) in [6, 6.07) is 0. The van der Waals surface area contributed by atoms with Crippen LogP contribution in [-0.2, 0) is 0 Å². The minimum atomic E-state index is 0.594. The van der Waals surface area contributed by atoms with Gasteiger partial charge in [0, 0.05) is 0 Å². The largest absolute Gasteiger partial charge is 0.242 e.